The first-order valence-corrected chi connectivity index (χ1v) is 6.89. The van der Waals surface area contributed by atoms with Crippen LogP contribution < -0.4 is 10.6 Å². The smallest absolute Gasteiger partial charge is 0.239 e. The molecule has 19 heavy (non-hydrogen) atoms. The molecule has 1 saturated heterocycles. The molecule has 1 aliphatic heterocycles. The second kappa shape index (κ2) is 6.02. The van der Waals surface area contributed by atoms with Crippen LogP contribution in [0.1, 0.15) is 25.3 Å². The number of carbonyl (C=O) groups is 1. The van der Waals surface area contributed by atoms with E-state index >= 15 is 0 Å². The fraction of sp³-hybridized carbons (Fsp3) is 0.429. The Balaban J connectivity index is 1.96. The van der Waals surface area contributed by atoms with Crippen LogP contribution in [0.15, 0.2) is 24.3 Å². The zero-order chi connectivity index (χ0) is 13.8. The van der Waals surface area contributed by atoms with Crippen molar-refractivity contribution in [1.29, 1.82) is 0 Å². The van der Waals surface area contributed by atoms with Crippen molar-refractivity contribution in [3.8, 4) is 0 Å². The van der Waals surface area contributed by atoms with Crippen LogP contribution >= 0.6 is 12.2 Å². The second-order valence-corrected chi connectivity index (χ2v) is 5.37. The van der Waals surface area contributed by atoms with E-state index in [-0.39, 0.29) is 5.91 Å². The number of piperazine rings is 1. The molecule has 1 aliphatic rings. The molecule has 1 aromatic carbocycles. The van der Waals surface area contributed by atoms with Gasteiger partial charge in [0.2, 0.25) is 5.91 Å². The third-order valence-electron chi connectivity index (χ3n) is 3.15. The molecule has 0 saturated carbocycles. The molecule has 5 heteroatoms. The van der Waals surface area contributed by atoms with Gasteiger partial charge in [0.25, 0.3) is 0 Å². The number of nitrogens with one attached hydrogen (secondary N) is 2. The van der Waals surface area contributed by atoms with Crippen molar-refractivity contribution in [2.45, 2.75) is 19.8 Å². The number of anilines is 1. The summed E-state index contributed by atoms with van der Waals surface area (Å²) in [5.41, 5.74) is 2.26. The predicted molar refractivity (Wildman–Crippen MR) is 81.3 cm³/mol. The molecule has 0 unspecified atom stereocenters. The van der Waals surface area contributed by atoms with Crippen molar-refractivity contribution in [2.24, 2.45) is 0 Å². The highest BCUT2D eigenvalue weighted by molar-refractivity contribution is 7.80. The van der Waals surface area contributed by atoms with Crippen LogP contribution in [0.3, 0.4) is 0 Å². The normalized spacial score (nSPS) is 15.3. The van der Waals surface area contributed by atoms with Gasteiger partial charge in [0.15, 0.2) is 5.11 Å². The minimum atomic E-state index is 0.0190. The summed E-state index contributed by atoms with van der Waals surface area (Å²) in [6.07, 6.45) is 0. The zero-order valence-corrected chi connectivity index (χ0v) is 12.1. The number of nitrogens with zero attached hydrogens (tertiary/aromatic N) is 1. The SMILES string of the molecule is CC(C)c1ccc(NC(=S)N2CCNC(=O)C2)cc1. The molecule has 1 heterocycles. The zero-order valence-electron chi connectivity index (χ0n) is 11.3. The maximum atomic E-state index is 11.3. The lowest BCUT2D eigenvalue weighted by atomic mass is 10.0. The van der Waals surface area contributed by atoms with Crippen LogP contribution in [0, 0.1) is 0 Å². The lowest BCUT2D eigenvalue weighted by Crippen LogP contribution is -2.51. The molecule has 0 radical (unpaired) electrons. The standard InChI is InChI=1S/C14H19N3OS/c1-10(2)11-3-5-12(6-4-11)16-14(19)17-8-7-15-13(18)9-17/h3-6,10H,7-9H2,1-2H3,(H,15,18)(H,16,19). The number of amides is 1. The molecule has 0 aliphatic carbocycles. The fourth-order valence-electron chi connectivity index (χ4n) is 1.97. The van der Waals surface area contributed by atoms with E-state index in [1.165, 1.54) is 5.56 Å². The Bertz CT molecular complexity index is 470. The van der Waals surface area contributed by atoms with Crippen molar-refractivity contribution in [3.05, 3.63) is 29.8 Å². The fourth-order valence-corrected chi connectivity index (χ4v) is 2.24. The molecule has 1 amide bonds. The summed E-state index contributed by atoms with van der Waals surface area (Å²) in [7, 11) is 0. The van der Waals surface area contributed by atoms with E-state index < -0.39 is 0 Å². The Kier molecular flexibility index (Phi) is 4.37. The lowest BCUT2D eigenvalue weighted by molar-refractivity contribution is -0.122. The van der Waals surface area contributed by atoms with Gasteiger partial charge in [-0.1, -0.05) is 26.0 Å². The Morgan fingerprint density at radius 3 is 2.63 bits per heavy atom. The molecule has 0 bridgehead atoms. The van der Waals surface area contributed by atoms with Gasteiger partial charge in [0.1, 0.15) is 0 Å². The van der Waals surface area contributed by atoms with Crippen molar-refractivity contribution in [2.75, 3.05) is 25.0 Å². The van der Waals surface area contributed by atoms with Gasteiger partial charge in [-0.2, -0.15) is 0 Å². The van der Waals surface area contributed by atoms with Crippen LogP contribution in [-0.4, -0.2) is 35.6 Å². The molecule has 0 aromatic heterocycles. The third-order valence-corrected chi connectivity index (χ3v) is 3.51. The van der Waals surface area contributed by atoms with Crippen LogP contribution in [0.5, 0.6) is 0 Å². The highest BCUT2D eigenvalue weighted by Crippen LogP contribution is 2.17. The molecule has 2 N–H and O–H groups in total. The lowest BCUT2D eigenvalue weighted by Gasteiger charge is -2.29. The second-order valence-electron chi connectivity index (χ2n) is 4.98. The van der Waals surface area contributed by atoms with E-state index in [0.29, 0.717) is 24.1 Å². The highest BCUT2D eigenvalue weighted by Gasteiger charge is 2.18. The molecule has 1 aromatic rings. The van der Waals surface area contributed by atoms with Gasteiger partial charge in [-0.15, -0.1) is 0 Å². The quantitative estimate of drug-likeness (QED) is 0.811. The Labute approximate surface area is 119 Å². The predicted octanol–water partition coefficient (Wildman–Crippen LogP) is 1.94. The number of thiocarbonyl (C=S) groups is 1. The first-order valence-electron chi connectivity index (χ1n) is 6.49. The monoisotopic (exact) mass is 277 g/mol. The van der Waals surface area contributed by atoms with Crippen LogP contribution in [0.2, 0.25) is 0 Å². The van der Waals surface area contributed by atoms with Crippen LogP contribution in [-0.2, 0) is 4.79 Å². The number of rotatable bonds is 2. The Morgan fingerprint density at radius 2 is 2.05 bits per heavy atom. The summed E-state index contributed by atoms with van der Waals surface area (Å²) in [5.74, 6) is 0.539. The molecular formula is C14H19N3OS. The topological polar surface area (TPSA) is 44.4 Å². The van der Waals surface area contributed by atoms with Gasteiger partial charge in [-0.3, -0.25) is 4.79 Å². The molecule has 1 fully saturated rings. The number of hydrogen-bond acceptors (Lipinski definition) is 2. The van der Waals surface area contributed by atoms with E-state index in [9.17, 15) is 4.79 Å². The largest absolute Gasteiger partial charge is 0.353 e. The number of benzene rings is 1. The number of hydrogen-bond donors (Lipinski definition) is 2. The van der Waals surface area contributed by atoms with Crippen LogP contribution in [0.25, 0.3) is 0 Å². The summed E-state index contributed by atoms with van der Waals surface area (Å²) in [6.45, 7) is 6.06. The molecular weight excluding hydrogens is 258 g/mol. The van der Waals surface area contributed by atoms with Crippen molar-refractivity contribution in [3.63, 3.8) is 0 Å². The average Bonchev–Trinajstić information content (AvgIpc) is 2.39. The Hall–Kier alpha value is -1.62. The highest BCUT2D eigenvalue weighted by atomic mass is 32.1. The van der Waals surface area contributed by atoms with Gasteiger partial charge in [0, 0.05) is 18.8 Å². The summed E-state index contributed by atoms with van der Waals surface area (Å²) >= 11 is 5.33. The Morgan fingerprint density at radius 1 is 1.37 bits per heavy atom. The van der Waals surface area contributed by atoms with Gasteiger partial charge in [-0.25, -0.2) is 0 Å². The van der Waals surface area contributed by atoms with Gasteiger partial charge in [-0.05, 0) is 35.8 Å². The van der Waals surface area contributed by atoms with Crippen molar-refractivity contribution < 1.29 is 4.79 Å². The van der Waals surface area contributed by atoms with E-state index in [0.717, 1.165) is 12.2 Å². The van der Waals surface area contributed by atoms with Gasteiger partial charge < -0.3 is 15.5 Å². The van der Waals surface area contributed by atoms with Gasteiger partial charge >= 0.3 is 0 Å². The third kappa shape index (κ3) is 3.67. The average molecular weight is 277 g/mol. The molecule has 4 nitrogen and oxygen atoms in total. The van der Waals surface area contributed by atoms with Crippen LogP contribution in [0.4, 0.5) is 5.69 Å². The first kappa shape index (κ1) is 13.8. The summed E-state index contributed by atoms with van der Waals surface area (Å²) in [6, 6.07) is 8.23. The molecule has 102 valence electrons. The van der Waals surface area contributed by atoms with Crippen molar-refractivity contribution in [1.82, 2.24) is 10.2 Å². The van der Waals surface area contributed by atoms with Crippen molar-refractivity contribution >= 4 is 28.9 Å². The maximum Gasteiger partial charge on any atom is 0.239 e. The molecule has 2 rings (SSSR count). The van der Waals surface area contributed by atoms with E-state index in [1.54, 1.807) is 0 Å². The molecule has 0 atom stereocenters. The van der Waals surface area contributed by atoms with E-state index in [4.69, 9.17) is 12.2 Å². The summed E-state index contributed by atoms with van der Waals surface area (Å²) in [4.78, 5) is 13.2. The number of carbonyl (C=O) groups excluding carboxylic acids is 1. The summed E-state index contributed by atoms with van der Waals surface area (Å²) < 4.78 is 0. The van der Waals surface area contributed by atoms with E-state index in [2.05, 4.69) is 36.6 Å². The minimum Gasteiger partial charge on any atom is -0.353 e. The maximum absolute atomic E-state index is 11.3. The van der Waals surface area contributed by atoms with Gasteiger partial charge in [0.05, 0.1) is 6.54 Å². The minimum absolute atomic E-state index is 0.0190. The first-order chi connectivity index (χ1) is 9.06. The summed E-state index contributed by atoms with van der Waals surface area (Å²) in [5, 5.41) is 6.56. The molecule has 0 spiro atoms. The van der Waals surface area contributed by atoms with E-state index in [1.807, 2.05) is 17.0 Å².